The van der Waals surface area contributed by atoms with Gasteiger partial charge in [0.05, 0.1) is 12.2 Å². The summed E-state index contributed by atoms with van der Waals surface area (Å²) >= 11 is 0. The number of nitrogens with zero attached hydrogens (tertiary/aromatic N) is 3. The van der Waals surface area contributed by atoms with E-state index in [-0.39, 0.29) is 6.61 Å². The maximum absolute atomic E-state index is 12.1. The van der Waals surface area contributed by atoms with Crippen molar-refractivity contribution < 1.29 is 18.3 Å². The van der Waals surface area contributed by atoms with Crippen molar-refractivity contribution in [3.8, 4) is 5.75 Å². The molecule has 3 aromatic rings. The summed E-state index contributed by atoms with van der Waals surface area (Å²) in [6.07, 6.45) is 2.75. The number of fused-ring (bicyclic) bond motifs is 1. The molecule has 0 radical (unpaired) electrons. The smallest absolute Gasteiger partial charge is 0.367 e. The Labute approximate surface area is 158 Å². The van der Waals surface area contributed by atoms with Gasteiger partial charge in [-0.1, -0.05) is 18.2 Å². The third kappa shape index (κ3) is 4.86. The molecule has 8 nitrogen and oxygen atoms in total. The van der Waals surface area contributed by atoms with Gasteiger partial charge in [-0.25, -0.2) is 14.1 Å². The molecule has 0 fully saturated rings. The molecule has 9 heteroatoms. The first-order valence-corrected chi connectivity index (χ1v) is 9.75. The van der Waals surface area contributed by atoms with Gasteiger partial charge in [0.2, 0.25) is 0 Å². The van der Waals surface area contributed by atoms with Crippen molar-refractivity contribution in [2.75, 3.05) is 19.5 Å². The number of rotatable bonds is 9. The number of methoxy groups -OCH3 is 1. The Balaban J connectivity index is 1.58. The Morgan fingerprint density at radius 3 is 2.74 bits per heavy atom. The number of benzene rings is 1. The van der Waals surface area contributed by atoms with Gasteiger partial charge in [0.25, 0.3) is 0 Å². The van der Waals surface area contributed by atoms with Gasteiger partial charge in [-0.2, -0.15) is 5.10 Å². The molecule has 2 N–H and O–H groups in total. The zero-order chi connectivity index (χ0) is 19.3. The minimum atomic E-state index is -2.67. The number of ether oxygens (including phenoxy) is 1. The van der Waals surface area contributed by atoms with Gasteiger partial charge in [-0.05, 0) is 44.0 Å². The number of nitrogens with two attached hydrogens (primary N) is 1. The summed E-state index contributed by atoms with van der Waals surface area (Å²) < 4.78 is 30.2. The summed E-state index contributed by atoms with van der Waals surface area (Å²) in [7, 11) is -1.06. The molecular weight excluding hydrogens is 367 g/mol. The van der Waals surface area contributed by atoms with E-state index in [9.17, 15) is 4.57 Å². The first-order chi connectivity index (χ1) is 13.0. The van der Waals surface area contributed by atoms with Gasteiger partial charge >= 0.3 is 8.25 Å². The second-order valence-corrected chi connectivity index (χ2v) is 7.37. The molecule has 144 valence electrons. The Morgan fingerprint density at radius 2 is 2.00 bits per heavy atom. The fourth-order valence-electron chi connectivity index (χ4n) is 2.65. The van der Waals surface area contributed by atoms with Crippen molar-refractivity contribution in [3.63, 3.8) is 0 Å². The molecule has 2 atom stereocenters. The number of hydrogen-bond acceptors (Lipinski definition) is 7. The van der Waals surface area contributed by atoms with Gasteiger partial charge in [0, 0.05) is 12.8 Å². The van der Waals surface area contributed by atoms with Crippen molar-refractivity contribution in [2.24, 2.45) is 0 Å². The lowest BCUT2D eigenvalue weighted by Gasteiger charge is -2.27. The maximum atomic E-state index is 12.1. The SMILES string of the molecule is CO[C@@](C)(CCc1ccc2c(N)ncnn12)CO[PH](=O)Oc1ccccc1. The van der Waals surface area contributed by atoms with Gasteiger partial charge in [-0.15, -0.1) is 0 Å². The van der Waals surface area contributed by atoms with Gasteiger partial charge in [0.15, 0.2) is 5.82 Å². The predicted octanol–water partition coefficient (Wildman–Crippen LogP) is 3.13. The third-order valence-corrected chi connectivity index (χ3v) is 5.19. The van der Waals surface area contributed by atoms with Crippen LogP contribution in [0.1, 0.15) is 19.0 Å². The normalized spacial score (nSPS) is 14.7. The summed E-state index contributed by atoms with van der Waals surface area (Å²) in [4.78, 5) is 3.98. The molecule has 0 aliphatic heterocycles. The Kier molecular flexibility index (Phi) is 6.11. The molecule has 0 saturated carbocycles. The van der Waals surface area contributed by atoms with Crippen molar-refractivity contribution in [1.29, 1.82) is 0 Å². The predicted molar refractivity (Wildman–Crippen MR) is 103 cm³/mol. The first kappa shape index (κ1) is 19.4. The zero-order valence-electron chi connectivity index (χ0n) is 15.3. The molecule has 2 heterocycles. The van der Waals surface area contributed by atoms with Crippen LogP contribution in [0.3, 0.4) is 0 Å². The van der Waals surface area contributed by atoms with Crippen LogP contribution in [0.2, 0.25) is 0 Å². The maximum Gasteiger partial charge on any atom is 0.367 e. The standard InChI is InChI=1S/C18H23N4O4P/c1-18(24-2,12-25-27(23)26-15-6-4-3-5-7-15)11-10-14-8-9-16-17(19)20-13-21-22(14)16/h3-9,13,27H,10-12H2,1-2H3,(H2,19,20,21)/t18-/m0/s1. The average molecular weight is 390 g/mol. The molecule has 27 heavy (non-hydrogen) atoms. The number of aromatic nitrogens is 3. The van der Waals surface area contributed by atoms with Crippen LogP contribution in [0, 0.1) is 0 Å². The van der Waals surface area contributed by atoms with E-state index in [0.717, 1.165) is 11.2 Å². The third-order valence-electron chi connectivity index (χ3n) is 4.40. The molecule has 0 amide bonds. The number of hydrogen-bond donors (Lipinski definition) is 1. The van der Waals surface area contributed by atoms with Crippen LogP contribution in [-0.4, -0.2) is 33.9 Å². The topological polar surface area (TPSA) is 101 Å². The van der Waals surface area contributed by atoms with E-state index in [1.165, 1.54) is 6.33 Å². The van der Waals surface area contributed by atoms with Crippen molar-refractivity contribution in [3.05, 3.63) is 54.5 Å². The highest BCUT2D eigenvalue weighted by atomic mass is 31.1. The van der Waals surface area contributed by atoms with Crippen molar-refractivity contribution in [1.82, 2.24) is 14.6 Å². The highest BCUT2D eigenvalue weighted by molar-refractivity contribution is 7.33. The quantitative estimate of drug-likeness (QED) is 0.560. The van der Waals surface area contributed by atoms with E-state index in [2.05, 4.69) is 10.1 Å². The Morgan fingerprint density at radius 1 is 1.22 bits per heavy atom. The second kappa shape index (κ2) is 8.52. The van der Waals surface area contributed by atoms with E-state index in [1.54, 1.807) is 23.8 Å². The second-order valence-electron chi connectivity index (χ2n) is 6.37. The summed E-state index contributed by atoms with van der Waals surface area (Å²) in [6.45, 7) is 2.05. The number of nitrogen functional groups attached to an aromatic ring is 1. The fourth-order valence-corrected chi connectivity index (χ4v) is 3.46. The molecular formula is C18H23N4O4P. The van der Waals surface area contributed by atoms with Crippen LogP contribution >= 0.6 is 8.25 Å². The highest BCUT2D eigenvalue weighted by Gasteiger charge is 2.26. The number of anilines is 1. The monoisotopic (exact) mass is 390 g/mol. The van der Waals surface area contributed by atoms with E-state index in [1.807, 2.05) is 37.3 Å². The largest absolute Gasteiger partial charge is 0.426 e. The lowest BCUT2D eigenvalue weighted by atomic mass is 10.00. The fraction of sp³-hybridized carbons (Fsp3) is 0.333. The molecule has 0 saturated heterocycles. The molecule has 0 bridgehead atoms. The Bertz CT molecular complexity index is 918. The summed E-state index contributed by atoms with van der Waals surface area (Å²) in [5, 5.41) is 4.24. The molecule has 3 rings (SSSR count). The minimum Gasteiger partial charge on any atom is -0.426 e. The van der Waals surface area contributed by atoms with Gasteiger partial charge in [0.1, 0.15) is 17.6 Å². The van der Waals surface area contributed by atoms with Gasteiger partial charge in [-0.3, -0.25) is 4.52 Å². The van der Waals surface area contributed by atoms with Crippen LogP contribution in [0.5, 0.6) is 5.75 Å². The van der Waals surface area contributed by atoms with E-state index in [4.69, 9.17) is 19.5 Å². The Hall–Kier alpha value is -2.41. The van der Waals surface area contributed by atoms with Crippen LogP contribution in [0.15, 0.2) is 48.8 Å². The zero-order valence-corrected chi connectivity index (χ0v) is 16.3. The van der Waals surface area contributed by atoms with Crippen LogP contribution in [-0.2, 0) is 20.2 Å². The van der Waals surface area contributed by atoms with E-state index < -0.39 is 13.9 Å². The number of aryl methyl sites for hydroxylation is 1. The number of para-hydroxylation sites is 1. The molecule has 0 aliphatic carbocycles. The first-order valence-electron chi connectivity index (χ1n) is 8.53. The lowest BCUT2D eigenvalue weighted by Crippen LogP contribution is -2.33. The minimum absolute atomic E-state index is 0.147. The highest BCUT2D eigenvalue weighted by Crippen LogP contribution is 2.30. The molecule has 0 aliphatic rings. The summed E-state index contributed by atoms with van der Waals surface area (Å²) in [5.41, 5.74) is 6.99. The summed E-state index contributed by atoms with van der Waals surface area (Å²) in [6, 6.07) is 12.8. The lowest BCUT2D eigenvalue weighted by molar-refractivity contribution is -0.0358. The average Bonchev–Trinajstić information content (AvgIpc) is 3.10. The van der Waals surface area contributed by atoms with Crippen molar-refractivity contribution in [2.45, 2.75) is 25.4 Å². The van der Waals surface area contributed by atoms with Gasteiger partial charge < -0.3 is 15.0 Å². The summed E-state index contributed by atoms with van der Waals surface area (Å²) in [5.74, 6) is 0.947. The van der Waals surface area contributed by atoms with E-state index >= 15 is 0 Å². The molecule has 2 aromatic heterocycles. The van der Waals surface area contributed by atoms with Crippen LogP contribution in [0.25, 0.3) is 5.52 Å². The van der Waals surface area contributed by atoms with Crippen LogP contribution < -0.4 is 10.3 Å². The molecule has 0 spiro atoms. The van der Waals surface area contributed by atoms with E-state index in [0.29, 0.717) is 24.4 Å². The van der Waals surface area contributed by atoms with Crippen LogP contribution in [0.4, 0.5) is 5.82 Å². The molecule has 1 aromatic carbocycles. The van der Waals surface area contributed by atoms with Crippen molar-refractivity contribution >= 4 is 19.6 Å². The molecule has 1 unspecified atom stereocenters.